The van der Waals surface area contributed by atoms with Gasteiger partial charge in [0.05, 0.1) is 11.6 Å². The monoisotopic (exact) mass is 266 g/mol. The Kier molecular flexibility index (Phi) is 3.33. The van der Waals surface area contributed by atoms with Gasteiger partial charge in [-0.05, 0) is 25.5 Å². The molecule has 0 bridgehead atoms. The van der Waals surface area contributed by atoms with E-state index in [9.17, 15) is 10.4 Å². The summed E-state index contributed by atoms with van der Waals surface area (Å²) in [7, 11) is 0. The number of anilines is 1. The van der Waals surface area contributed by atoms with Crippen molar-refractivity contribution in [3.63, 3.8) is 0 Å². The minimum absolute atomic E-state index is 0.245. The highest BCUT2D eigenvalue weighted by molar-refractivity contribution is 5.98. The van der Waals surface area contributed by atoms with Gasteiger partial charge >= 0.3 is 0 Å². The molecule has 102 valence electrons. The molecule has 3 nitrogen and oxygen atoms in total. The fraction of sp³-hybridized carbons (Fsp3) is 0.353. The van der Waals surface area contributed by atoms with E-state index in [1.807, 2.05) is 30.3 Å². The molecule has 1 fully saturated rings. The van der Waals surface area contributed by atoms with Gasteiger partial charge < -0.3 is 10.0 Å². The van der Waals surface area contributed by atoms with E-state index in [2.05, 4.69) is 24.0 Å². The van der Waals surface area contributed by atoms with Crippen molar-refractivity contribution in [1.82, 2.24) is 0 Å². The van der Waals surface area contributed by atoms with Crippen LogP contribution in [0, 0.1) is 17.2 Å². The number of hydrogen-bond acceptors (Lipinski definition) is 3. The topological polar surface area (TPSA) is 47.3 Å². The highest BCUT2D eigenvalue weighted by Gasteiger charge is 2.29. The van der Waals surface area contributed by atoms with Crippen molar-refractivity contribution < 1.29 is 5.11 Å². The van der Waals surface area contributed by atoms with Crippen molar-refractivity contribution in [3.05, 3.63) is 42.0 Å². The molecule has 2 aromatic carbocycles. The summed E-state index contributed by atoms with van der Waals surface area (Å²) in [5, 5.41) is 20.7. The zero-order valence-electron chi connectivity index (χ0n) is 11.6. The number of aliphatic hydroxyl groups excluding tert-OH is 1. The third kappa shape index (κ3) is 2.03. The Labute approximate surface area is 119 Å². The largest absolute Gasteiger partial charge is 0.396 e. The van der Waals surface area contributed by atoms with Gasteiger partial charge in [0.25, 0.3) is 0 Å². The number of hydrogen-bond donors (Lipinski definition) is 1. The summed E-state index contributed by atoms with van der Waals surface area (Å²) >= 11 is 0. The normalized spacial score (nSPS) is 22.1. The molecule has 0 radical (unpaired) electrons. The maximum Gasteiger partial charge on any atom is 0.0998 e. The van der Waals surface area contributed by atoms with Crippen LogP contribution in [0.15, 0.2) is 36.4 Å². The molecule has 1 N–H and O–H groups in total. The molecule has 3 rings (SSSR count). The summed E-state index contributed by atoms with van der Waals surface area (Å²) in [6.07, 6.45) is 1.02. The average molecular weight is 266 g/mol. The van der Waals surface area contributed by atoms with E-state index in [0.29, 0.717) is 12.0 Å². The summed E-state index contributed by atoms with van der Waals surface area (Å²) in [5.41, 5.74) is 1.89. The van der Waals surface area contributed by atoms with E-state index in [-0.39, 0.29) is 6.61 Å². The van der Waals surface area contributed by atoms with Gasteiger partial charge in [-0.3, -0.25) is 0 Å². The van der Waals surface area contributed by atoms with Crippen molar-refractivity contribution in [1.29, 1.82) is 5.26 Å². The summed E-state index contributed by atoms with van der Waals surface area (Å²) in [4.78, 5) is 2.35. The standard InChI is InChI=1S/C17H18N2O/c1-12-8-13(11-20)10-19(12)17-7-6-14(9-18)15-4-2-3-5-16(15)17/h2-7,12-13,20H,8,10-11H2,1H3. The van der Waals surface area contributed by atoms with E-state index in [1.54, 1.807) is 0 Å². The zero-order valence-corrected chi connectivity index (χ0v) is 11.6. The predicted molar refractivity (Wildman–Crippen MR) is 80.7 cm³/mol. The third-order valence-corrected chi connectivity index (χ3v) is 4.25. The van der Waals surface area contributed by atoms with Crippen LogP contribution in [0.3, 0.4) is 0 Å². The van der Waals surface area contributed by atoms with Crippen LogP contribution >= 0.6 is 0 Å². The van der Waals surface area contributed by atoms with Crippen LogP contribution < -0.4 is 4.90 Å². The van der Waals surface area contributed by atoms with Gasteiger partial charge in [0.2, 0.25) is 0 Å². The van der Waals surface area contributed by atoms with E-state index >= 15 is 0 Å². The molecule has 3 heteroatoms. The summed E-state index contributed by atoms with van der Waals surface area (Å²) in [6.45, 7) is 3.32. The van der Waals surface area contributed by atoms with Crippen LogP contribution in [0.5, 0.6) is 0 Å². The molecule has 1 aliphatic heterocycles. The lowest BCUT2D eigenvalue weighted by Gasteiger charge is -2.25. The van der Waals surface area contributed by atoms with E-state index in [0.717, 1.165) is 29.3 Å². The fourth-order valence-corrected chi connectivity index (χ4v) is 3.24. The lowest BCUT2D eigenvalue weighted by atomic mass is 10.0. The van der Waals surface area contributed by atoms with E-state index in [4.69, 9.17) is 0 Å². The maximum atomic E-state index is 9.37. The highest BCUT2D eigenvalue weighted by Crippen LogP contribution is 2.35. The highest BCUT2D eigenvalue weighted by atomic mass is 16.3. The molecule has 2 aromatic rings. The molecule has 2 atom stereocenters. The van der Waals surface area contributed by atoms with Crippen LogP contribution in [0.2, 0.25) is 0 Å². The van der Waals surface area contributed by atoms with Gasteiger partial charge in [-0.25, -0.2) is 0 Å². The summed E-state index contributed by atoms with van der Waals surface area (Å²) < 4.78 is 0. The predicted octanol–water partition coefficient (Wildman–Crippen LogP) is 2.92. The van der Waals surface area contributed by atoms with Crippen molar-refractivity contribution in [2.24, 2.45) is 5.92 Å². The number of nitriles is 1. The van der Waals surface area contributed by atoms with Crippen LogP contribution in [-0.4, -0.2) is 24.3 Å². The Morgan fingerprint density at radius 3 is 2.65 bits per heavy atom. The molecule has 0 spiro atoms. The second kappa shape index (κ2) is 5.15. The Morgan fingerprint density at radius 2 is 2.00 bits per heavy atom. The summed E-state index contributed by atoms with van der Waals surface area (Å²) in [5.74, 6) is 0.347. The molecule has 0 amide bonds. The first-order valence-electron chi connectivity index (χ1n) is 7.04. The van der Waals surface area contributed by atoms with Gasteiger partial charge in [-0.1, -0.05) is 24.3 Å². The molecule has 0 saturated carbocycles. The van der Waals surface area contributed by atoms with Crippen LogP contribution in [0.1, 0.15) is 18.9 Å². The first-order chi connectivity index (χ1) is 9.74. The fourth-order valence-electron chi connectivity index (χ4n) is 3.24. The number of aliphatic hydroxyl groups is 1. The van der Waals surface area contributed by atoms with Crippen LogP contribution in [-0.2, 0) is 0 Å². The Morgan fingerprint density at radius 1 is 1.25 bits per heavy atom. The van der Waals surface area contributed by atoms with Crippen molar-refractivity contribution in [3.8, 4) is 6.07 Å². The van der Waals surface area contributed by atoms with Crippen molar-refractivity contribution in [2.75, 3.05) is 18.1 Å². The van der Waals surface area contributed by atoms with Gasteiger partial charge in [0.15, 0.2) is 0 Å². The van der Waals surface area contributed by atoms with Crippen molar-refractivity contribution in [2.45, 2.75) is 19.4 Å². The van der Waals surface area contributed by atoms with Crippen LogP contribution in [0.25, 0.3) is 10.8 Å². The van der Waals surface area contributed by atoms with Crippen molar-refractivity contribution >= 4 is 16.5 Å². The smallest absolute Gasteiger partial charge is 0.0998 e. The zero-order chi connectivity index (χ0) is 14.1. The van der Waals surface area contributed by atoms with Gasteiger partial charge in [0.1, 0.15) is 0 Å². The van der Waals surface area contributed by atoms with Gasteiger partial charge in [0, 0.05) is 41.6 Å². The number of fused-ring (bicyclic) bond motifs is 1. The Balaban J connectivity index is 2.12. The molecular formula is C17H18N2O. The third-order valence-electron chi connectivity index (χ3n) is 4.25. The van der Waals surface area contributed by atoms with Crippen LogP contribution in [0.4, 0.5) is 5.69 Å². The molecule has 1 aliphatic rings. The first kappa shape index (κ1) is 13.0. The number of rotatable bonds is 2. The number of benzene rings is 2. The molecule has 1 heterocycles. The first-order valence-corrected chi connectivity index (χ1v) is 7.04. The summed E-state index contributed by atoms with van der Waals surface area (Å²) in [6, 6.07) is 14.7. The Hall–Kier alpha value is -2.05. The minimum Gasteiger partial charge on any atom is -0.396 e. The average Bonchev–Trinajstić information content (AvgIpc) is 2.87. The number of nitrogens with zero attached hydrogens (tertiary/aromatic N) is 2. The maximum absolute atomic E-state index is 9.37. The molecule has 0 aliphatic carbocycles. The SMILES string of the molecule is CC1CC(CO)CN1c1ccc(C#N)c2ccccc12. The second-order valence-electron chi connectivity index (χ2n) is 5.58. The minimum atomic E-state index is 0.245. The Bertz CT molecular complexity index is 674. The lowest BCUT2D eigenvalue weighted by Crippen LogP contribution is -2.27. The molecule has 20 heavy (non-hydrogen) atoms. The van der Waals surface area contributed by atoms with E-state index < -0.39 is 0 Å². The second-order valence-corrected chi connectivity index (χ2v) is 5.58. The molecule has 2 unspecified atom stereocenters. The molecular weight excluding hydrogens is 248 g/mol. The quantitative estimate of drug-likeness (QED) is 0.909. The lowest BCUT2D eigenvalue weighted by molar-refractivity contribution is 0.236. The molecule has 0 aromatic heterocycles. The van der Waals surface area contributed by atoms with E-state index in [1.165, 1.54) is 5.69 Å². The van der Waals surface area contributed by atoms with Gasteiger partial charge in [-0.2, -0.15) is 5.26 Å². The van der Waals surface area contributed by atoms with Gasteiger partial charge in [-0.15, -0.1) is 0 Å². The molecule has 1 saturated heterocycles.